The quantitative estimate of drug-likeness (QED) is 0.813. The van der Waals surface area contributed by atoms with Crippen LogP contribution >= 0.6 is 0 Å². The minimum atomic E-state index is -0.0540. The minimum Gasteiger partial charge on any atom is -0.388 e. The van der Waals surface area contributed by atoms with E-state index in [4.69, 9.17) is 4.74 Å². The zero-order valence-corrected chi connectivity index (χ0v) is 11.5. The number of benzene rings is 1. The Bertz CT molecular complexity index is 405. The number of rotatable bonds is 6. The van der Waals surface area contributed by atoms with Crippen molar-refractivity contribution in [3.63, 3.8) is 0 Å². The number of hydrogen-bond donors (Lipinski definition) is 2. The first-order valence-electron chi connectivity index (χ1n) is 6.26. The summed E-state index contributed by atoms with van der Waals surface area (Å²) in [5, 5.41) is 5.93. The second-order valence-corrected chi connectivity index (χ2v) is 4.26. The lowest BCUT2D eigenvalue weighted by atomic mass is 10.1. The average molecular weight is 250 g/mol. The van der Waals surface area contributed by atoms with Crippen molar-refractivity contribution in [2.75, 3.05) is 25.5 Å². The molecule has 100 valence electrons. The molecule has 0 aliphatic rings. The van der Waals surface area contributed by atoms with E-state index >= 15 is 0 Å². The molecular formula is C14H22N2O2. The second kappa shape index (κ2) is 7.01. The molecule has 0 radical (unpaired) electrons. The van der Waals surface area contributed by atoms with Crippen LogP contribution in [0.1, 0.15) is 29.8 Å². The summed E-state index contributed by atoms with van der Waals surface area (Å²) in [6.45, 7) is 7.01. The fraction of sp³-hybridized carbons (Fsp3) is 0.500. The third-order valence-electron chi connectivity index (χ3n) is 2.76. The van der Waals surface area contributed by atoms with E-state index in [-0.39, 0.29) is 12.0 Å². The van der Waals surface area contributed by atoms with Crippen molar-refractivity contribution < 1.29 is 9.53 Å². The van der Waals surface area contributed by atoms with Crippen LogP contribution in [0.3, 0.4) is 0 Å². The van der Waals surface area contributed by atoms with E-state index in [1.807, 2.05) is 46.0 Å². The standard InChI is InChI=1S/C14H22N2O2/c1-5-18-11(3)9-16-14(17)13-7-6-12(15-4)8-10(13)2/h6-8,11,15H,5,9H2,1-4H3,(H,16,17). The van der Waals surface area contributed by atoms with Crippen molar-refractivity contribution >= 4 is 11.6 Å². The molecule has 4 heteroatoms. The zero-order valence-electron chi connectivity index (χ0n) is 11.5. The Balaban J connectivity index is 2.61. The van der Waals surface area contributed by atoms with Gasteiger partial charge in [0.1, 0.15) is 0 Å². The molecule has 1 atom stereocenters. The van der Waals surface area contributed by atoms with Gasteiger partial charge >= 0.3 is 0 Å². The molecule has 0 aliphatic heterocycles. The maximum atomic E-state index is 12.0. The Labute approximate surface area is 109 Å². The molecule has 1 amide bonds. The number of hydrogen-bond acceptors (Lipinski definition) is 3. The highest BCUT2D eigenvalue weighted by atomic mass is 16.5. The molecule has 0 heterocycles. The molecule has 0 aromatic heterocycles. The molecule has 1 rings (SSSR count). The largest absolute Gasteiger partial charge is 0.388 e. The van der Waals surface area contributed by atoms with E-state index in [9.17, 15) is 4.79 Å². The molecule has 0 spiro atoms. The Hall–Kier alpha value is -1.55. The molecular weight excluding hydrogens is 228 g/mol. The van der Waals surface area contributed by atoms with Gasteiger partial charge in [-0.25, -0.2) is 0 Å². The molecule has 4 nitrogen and oxygen atoms in total. The highest BCUT2D eigenvalue weighted by molar-refractivity contribution is 5.96. The molecule has 2 N–H and O–H groups in total. The number of amides is 1. The Morgan fingerprint density at radius 3 is 2.72 bits per heavy atom. The normalized spacial score (nSPS) is 12.0. The van der Waals surface area contributed by atoms with Crippen LogP contribution in [0.5, 0.6) is 0 Å². The fourth-order valence-electron chi connectivity index (χ4n) is 1.75. The summed E-state index contributed by atoms with van der Waals surface area (Å²) >= 11 is 0. The van der Waals surface area contributed by atoms with Crippen molar-refractivity contribution in [3.8, 4) is 0 Å². The predicted octanol–water partition coefficient (Wildman–Crippen LogP) is 2.19. The van der Waals surface area contributed by atoms with Gasteiger partial charge in [-0.1, -0.05) is 0 Å². The van der Waals surface area contributed by atoms with Gasteiger partial charge in [-0.3, -0.25) is 4.79 Å². The summed E-state index contributed by atoms with van der Waals surface area (Å²) in [6.07, 6.45) is 0.0378. The van der Waals surface area contributed by atoms with Crippen LogP contribution in [-0.2, 0) is 4.74 Å². The van der Waals surface area contributed by atoms with E-state index < -0.39 is 0 Å². The number of carbonyl (C=O) groups excluding carboxylic acids is 1. The van der Waals surface area contributed by atoms with E-state index in [1.165, 1.54) is 0 Å². The molecule has 1 unspecified atom stereocenters. The van der Waals surface area contributed by atoms with Gasteiger partial charge in [0.05, 0.1) is 6.10 Å². The van der Waals surface area contributed by atoms with Crippen LogP contribution in [0.4, 0.5) is 5.69 Å². The molecule has 0 saturated heterocycles. The van der Waals surface area contributed by atoms with Gasteiger partial charge in [-0.05, 0) is 44.5 Å². The molecule has 18 heavy (non-hydrogen) atoms. The number of carbonyl (C=O) groups is 1. The molecule has 1 aromatic rings. The molecule has 0 saturated carbocycles. The Morgan fingerprint density at radius 2 is 2.17 bits per heavy atom. The maximum absolute atomic E-state index is 12.0. The smallest absolute Gasteiger partial charge is 0.251 e. The van der Waals surface area contributed by atoms with E-state index in [2.05, 4.69) is 10.6 Å². The third-order valence-corrected chi connectivity index (χ3v) is 2.76. The second-order valence-electron chi connectivity index (χ2n) is 4.26. The molecule has 0 bridgehead atoms. The topological polar surface area (TPSA) is 50.4 Å². The van der Waals surface area contributed by atoms with Crippen molar-refractivity contribution in [1.29, 1.82) is 0 Å². The van der Waals surface area contributed by atoms with Gasteiger partial charge in [0.25, 0.3) is 5.91 Å². The lowest BCUT2D eigenvalue weighted by Gasteiger charge is -2.13. The summed E-state index contributed by atoms with van der Waals surface area (Å²) in [5.41, 5.74) is 2.67. The monoisotopic (exact) mass is 250 g/mol. The molecule has 0 fully saturated rings. The first kappa shape index (κ1) is 14.5. The van der Waals surface area contributed by atoms with Crippen molar-refractivity contribution in [2.24, 2.45) is 0 Å². The summed E-state index contributed by atoms with van der Waals surface area (Å²) < 4.78 is 5.37. The van der Waals surface area contributed by atoms with E-state index in [0.717, 1.165) is 11.3 Å². The van der Waals surface area contributed by atoms with E-state index in [0.29, 0.717) is 18.7 Å². The summed E-state index contributed by atoms with van der Waals surface area (Å²) in [5.74, 6) is -0.0540. The minimum absolute atomic E-state index is 0.0378. The number of ether oxygens (including phenoxy) is 1. The van der Waals surface area contributed by atoms with Gasteiger partial charge in [0.15, 0.2) is 0 Å². The predicted molar refractivity (Wildman–Crippen MR) is 74.1 cm³/mol. The SMILES string of the molecule is CCOC(C)CNC(=O)c1ccc(NC)cc1C. The lowest BCUT2D eigenvalue weighted by molar-refractivity contribution is 0.0695. The van der Waals surface area contributed by atoms with Gasteiger partial charge in [-0.15, -0.1) is 0 Å². The van der Waals surface area contributed by atoms with Gasteiger partial charge < -0.3 is 15.4 Å². The van der Waals surface area contributed by atoms with Crippen LogP contribution in [0.25, 0.3) is 0 Å². The lowest BCUT2D eigenvalue weighted by Crippen LogP contribution is -2.32. The summed E-state index contributed by atoms with van der Waals surface area (Å²) in [7, 11) is 1.86. The fourth-order valence-corrected chi connectivity index (χ4v) is 1.75. The Kier molecular flexibility index (Phi) is 5.65. The third kappa shape index (κ3) is 4.04. The number of anilines is 1. The highest BCUT2D eigenvalue weighted by Gasteiger charge is 2.10. The number of aryl methyl sites for hydroxylation is 1. The molecule has 1 aromatic carbocycles. The Morgan fingerprint density at radius 1 is 1.44 bits per heavy atom. The molecule has 0 aliphatic carbocycles. The van der Waals surface area contributed by atoms with Crippen molar-refractivity contribution in [1.82, 2.24) is 5.32 Å². The van der Waals surface area contributed by atoms with Crippen LogP contribution in [0.2, 0.25) is 0 Å². The van der Waals surface area contributed by atoms with Crippen molar-refractivity contribution in [3.05, 3.63) is 29.3 Å². The van der Waals surface area contributed by atoms with Gasteiger partial charge in [-0.2, -0.15) is 0 Å². The number of nitrogens with one attached hydrogen (secondary N) is 2. The van der Waals surface area contributed by atoms with Crippen LogP contribution < -0.4 is 10.6 Å². The first-order chi connectivity index (χ1) is 8.58. The summed E-state index contributed by atoms with van der Waals surface area (Å²) in [4.78, 5) is 12.0. The van der Waals surface area contributed by atoms with E-state index in [1.54, 1.807) is 0 Å². The van der Waals surface area contributed by atoms with Crippen LogP contribution in [0.15, 0.2) is 18.2 Å². The average Bonchev–Trinajstić information content (AvgIpc) is 2.36. The van der Waals surface area contributed by atoms with Gasteiger partial charge in [0, 0.05) is 31.5 Å². The van der Waals surface area contributed by atoms with Crippen LogP contribution in [-0.4, -0.2) is 32.2 Å². The first-order valence-corrected chi connectivity index (χ1v) is 6.26. The zero-order chi connectivity index (χ0) is 13.5. The summed E-state index contributed by atoms with van der Waals surface area (Å²) in [6, 6.07) is 5.69. The highest BCUT2D eigenvalue weighted by Crippen LogP contribution is 2.14. The van der Waals surface area contributed by atoms with Crippen molar-refractivity contribution in [2.45, 2.75) is 26.9 Å². The van der Waals surface area contributed by atoms with Gasteiger partial charge in [0.2, 0.25) is 0 Å². The van der Waals surface area contributed by atoms with Crippen LogP contribution in [0, 0.1) is 6.92 Å². The maximum Gasteiger partial charge on any atom is 0.251 e.